The van der Waals surface area contributed by atoms with Crippen molar-refractivity contribution in [1.29, 1.82) is 0 Å². The highest BCUT2D eigenvalue weighted by Crippen LogP contribution is 2.15. The number of Topliss-reactive ketones (excluding diaryl/α,β-unsaturated/α-hetero) is 1. The standard InChI is InChI=1S/C19H21NO2/c1-13-5-4-6-16(12-13)20-19(22)10-9-18(21)17-8-7-14(2)11-15(17)3/h4-8,11-12H,9-10H2,1-3H3,(H,20,22). The predicted octanol–water partition coefficient (Wildman–Crippen LogP) is 4.21. The highest BCUT2D eigenvalue weighted by molar-refractivity contribution is 6.00. The van der Waals surface area contributed by atoms with Crippen LogP contribution in [0.3, 0.4) is 0 Å². The molecular weight excluding hydrogens is 274 g/mol. The number of amides is 1. The van der Waals surface area contributed by atoms with Crippen molar-refractivity contribution in [2.24, 2.45) is 0 Å². The van der Waals surface area contributed by atoms with Crippen LogP contribution in [0.1, 0.15) is 39.9 Å². The molecule has 2 aromatic rings. The zero-order valence-electron chi connectivity index (χ0n) is 13.3. The van der Waals surface area contributed by atoms with E-state index in [-0.39, 0.29) is 24.5 Å². The average molecular weight is 295 g/mol. The topological polar surface area (TPSA) is 46.2 Å². The molecular formula is C19H21NO2. The smallest absolute Gasteiger partial charge is 0.224 e. The van der Waals surface area contributed by atoms with Gasteiger partial charge in [0.15, 0.2) is 5.78 Å². The van der Waals surface area contributed by atoms with Gasteiger partial charge in [0.1, 0.15) is 0 Å². The lowest BCUT2D eigenvalue weighted by atomic mass is 9.99. The van der Waals surface area contributed by atoms with Gasteiger partial charge in [0.05, 0.1) is 0 Å². The van der Waals surface area contributed by atoms with E-state index >= 15 is 0 Å². The lowest BCUT2D eigenvalue weighted by Gasteiger charge is -2.07. The van der Waals surface area contributed by atoms with Gasteiger partial charge in [0, 0.05) is 24.1 Å². The Morgan fingerprint density at radius 1 is 0.909 bits per heavy atom. The summed E-state index contributed by atoms with van der Waals surface area (Å²) in [6.07, 6.45) is 0.418. The minimum atomic E-state index is -0.135. The molecule has 0 spiro atoms. The van der Waals surface area contributed by atoms with Crippen LogP contribution in [-0.2, 0) is 4.79 Å². The molecule has 114 valence electrons. The molecule has 3 heteroatoms. The van der Waals surface area contributed by atoms with E-state index < -0.39 is 0 Å². The predicted molar refractivity (Wildman–Crippen MR) is 89.3 cm³/mol. The molecule has 1 N–H and O–H groups in total. The summed E-state index contributed by atoms with van der Waals surface area (Å²) in [5.74, 6) is -0.124. The first kappa shape index (κ1) is 16.0. The number of carbonyl (C=O) groups excluding carboxylic acids is 2. The molecule has 0 heterocycles. The van der Waals surface area contributed by atoms with Crippen molar-refractivity contribution in [2.75, 3.05) is 5.32 Å². The summed E-state index contributed by atoms with van der Waals surface area (Å²) in [4.78, 5) is 24.1. The van der Waals surface area contributed by atoms with E-state index in [1.807, 2.05) is 63.2 Å². The SMILES string of the molecule is Cc1cccc(NC(=O)CCC(=O)c2ccc(C)cc2C)c1. The van der Waals surface area contributed by atoms with Gasteiger partial charge in [-0.3, -0.25) is 9.59 Å². The molecule has 0 radical (unpaired) electrons. The number of carbonyl (C=O) groups is 2. The number of benzene rings is 2. The van der Waals surface area contributed by atoms with Crippen LogP contribution >= 0.6 is 0 Å². The van der Waals surface area contributed by atoms with Crippen LogP contribution in [0.4, 0.5) is 5.69 Å². The van der Waals surface area contributed by atoms with Crippen molar-refractivity contribution in [3.05, 3.63) is 64.7 Å². The highest BCUT2D eigenvalue weighted by Gasteiger charge is 2.11. The molecule has 0 aliphatic rings. The quantitative estimate of drug-likeness (QED) is 0.840. The van der Waals surface area contributed by atoms with Gasteiger partial charge in [0.25, 0.3) is 0 Å². The second-order valence-corrected chi connectivity index (χ2v) is 5.66. The van der Waals surface area contributed by atoms with Crippen molar-refractivity contribution in [2.45, 2.75) is 33.6 Å². The van der Waals surface area contributed by atoms with E-state index in [9.17, 15) is 9.59 Å². The van der Waals surface area contributed by atoms with Gasteiger partial charge in [0.2, 0.25) is 5.91 Å². The molecule has 0 bridgehead atoms. The summed E-state index contributed by atoms with van der Waals surface area (Å²) in [6, 6.07) is 13.4. The number of hydrogen-bond acceptors (Lipinski definition) is 2. The van der Waals surface area contributed by atoms with E-state index in [4.69, 9.17) is 0 Å². The molecule has 2 aromatic carbocycles. The number of hydrogen-bond donors (Lipinski definition) is 1. The van der Waals surface area contributed by atoms with Crippen LogP contribution < -0.4 is 5.32 Å². The van der Waals surface area contributed by atoms with Crippen molar-refractivity contribution >= 4 is 17.4 Å². The number of ketones is 1. The Bertz CT molecular complexity index is 704. The Kier molecular flexibility index (Phi) is 5.10. The van der Waals surface area contributed by atoms with Crippen LogP contribution in [-0.4, -0.2) is 11.7 Å². The first-order valence-corrected chi connectivity index (χ1v) is 7.42. The van der Waals surface area contributed by atoms with Gasteiger partial charge in [-0.05, 0) is 44.0 Å². The number of rotatable bonds is 5. The maximum Gasteiger partial charge on any atom is 0.224 e. The van der Waals surface area contributed by atoms with E-state index in [0.29, 0.717) is 5.56 Å². The Balaban J connectivity index is 1.92. The molecule has 3 nitrogen and oxygen atoms in total. The minimum Gasteiger partial charge on any atom is -0.326 e. The molecule has 0 saturated heterocycles. The van der Waals surface area contributed by atoms with E-state index in [0.717, 1.165) is 22.4 Å². The Labute approximate surface area is 131 Å². The molecule has 0 unspecified atom stereocenters. The lowest BCUT2D eigenvalue weighted by Crippen LogP contribution is -2.14. The summed E-state index contributed by atoms with van der Waals surface area (Å²) < 4.78 is 0. The molecule has 2 rings (SSSR count). The third kappa shape index (κ3) is 4.29. The molecule has 0 aliphatic carbocycles. The van der Waals surface area contributed by atoms with Crippen LogP contribution in [0, 0.1) is 20.8 Å². The average Bonchev–Trinajstić information content (AvgIpc) is 2.45. The molecule has 0 aromatic heterocycles. The second kappa shape index (κ2) is 7.03. The lowest BCUT2D eigenvalue weighted by molar-refractivity contribution is -0.116. The largest absolute Gasteiger partial charge is 0.326 e. The maximum absolute atomic E-state index is 12.2. The third-order valence-corrected chi connectivity index (χ3v) is 3.56. The molecule has 1 amide bonds. The molecule has 0 saturated carbocycles. The van der Waals surface area contributed by atoms with Crippen molar-refractivity contribution in [3.63, 3.8) is 0 Å². The van der Waals surface area contributed by atoms with E-state index in [1.54, 1.807) is 0 Å². The maximum atomic E-state index is 12.2. The van der Waals surface area contributed by atoms with Crippen LogP contribution in [0.25, 0.3) is 0 Å². The zero-order valence-corrected chi connectivity index (χ0v) is 13.3. The Hall–Kier alpha value is -2.42. The van der Waals surface area contributed by atoms with Crippen LogP contribution in [0.2, 0.25) is 0 Å². The number of anilines is 1. The van der Waals surface area contributed by atoms with Gasteiger partial charge >= 0.3 is 0 Å². The zero-order chi connectivity index (χ0) is 16.1. The minimum absolute atomic E-state index is 0.0110. The normalized spacial score (nSPS) is 10.3. The van der Waals surface area contributed by atoms with Crippen LogP contribution in [0.15, 0.2) is 42.5 Å². The fourth-order valence-electron chi connectivity index (χ4n) is 2.43. The summed E-state index contributed by atoms with van der Waals surface area (Å²) in [7, 11) is 0. The summed E-state index contributed by atoms with van der Waals surface area (Å²) in [5.41, 5.74) is 4.65. The van der Waals surface area contributed by atoms with Crippen LogP contribution in [0.5, 0.6) is 0 Å². The van der Waals surface area contributed by atoms with Crippen molar-refractivity contribution in [1.82, 2.24) is 0 Å². The van der Waals surface area contributed by atoms with E-state index in [2.05, 4.69) is 5.32 Å². The Morgan fingerprint density at radius 3 is 2.32 bits per heavy atom. The summed E-state index contributed by atoms with van der Waals surface area (Å²) >= 11 is 0. The second-order valence-electron chi connectivity index (χ2n) is 5.66. The first-order chi connectivity index (χ1) is 10.5. The number of nitrogens with one attached hydrogen (secondary N) is 1. The monoisotopic (exact) mass is 295 g/mol. The van der Waals surface area contributed by atoms with Gasteiger partial charge in [-0.1, -0.05) is 35.9 Å². The van der Waals surface area contributed by atoms with Gasteiger partial charge in [-0.15, -0.1) is 0 Å². The first-order valence-electron chi connectivity index (χ1n) is 7.42. The van der Waals surface area contributed by atoms with Gasteiger partial charge < -0.3 is 5.32 Å². The van der Waals surface area contributed by atoms with Crippen molar-refractivity contribution in [3.8, 4) is 0 Å². The third-order valence-electron chi connectivity index (χ3n) is 3.56. The summed E-state index contributed by atoms with van der Waals surface area (Å²) in [6.45, 7) is 5.89. The van der Waals surface area contributed by atoms with E-state index in [1.165, 1.54) is 0 Å². The highest BCUT2D eigenvalue weighted by atomic mass is 16.2. The molecule has 0 fully saturated rings. The Morgan fingerprint density at radius 2 is 1.64 bits per heavy atom. The molecule has 22 heavy (non-hydrogen) atoms. The number of aryl methyl sites for hydroxylation is 3. The van der Waals surface area contributed by atoms with Crippen molar-refractivity contribution < 1.29 is 9.59 Å². The van der Waals surface area contributed by atoms with Gasteiger partial charge in [-0.25, -0.2) is 0 Å². The van der Waals surface area contributed by atoms with Gasteiger partial charge in [-0.2, -0.15) is 0 Å². The summed E-state index contributed by atoms with van der Waals surface area (Å²) in [5, 5.41) is 2.82. The molecule has 0 aliphatic heterocycles. The fraction of sp³-hybridized carbons (Fsp3) is 0.263. The fourth-order valence-corrected chi connectivity index (χ4v) is 2.43. The molecule has 0 atom stereocenters.